The summed E-state index contributed by atoms with van der Waals surface area (Å²) in [5, 5.41) is 10.9. The molecule has 0 amide bonds. The van der Waals surface area contributed by atoms with E-state index in [2.05, 4.69) is 25.7 Å². The molecule has 3 heteroatoms. The minimum atomic E-state index is -0.426. The summed E-state index contributed by atoms with van der Waals surface area (Å²) in [6.07, 6.45) is 1.53. The van der Waals surface area contributed by atoms with E-state index in [4.69, 9.17) is 11.6 Å². The van der Waals surface area contributed by atoms with Gasteiger partial charge in [0.1, 0.15) is 0 Å². The molecule has 1 aromatic carbocycles. The van der Waals surface area contributed by atoms with Crippen LogP contribution < -0.4 is 0 Å². The van der Waals surface area contributed by atoms with E-state index < -0.39 is 6.10 Å². The van der Waals surface area contributed by atoms with Crippen LogP contribution in [0.2, 0.25) is 5.02 Å². The second-order valence-electron chi connectivity index (χ2n) is 5.27. The second-order valence-corrected chi connectivity index (χ2v) is 5.70. The molecule has 0 aliphatic rings. The third-order valence-corrected chi connectivity index (χ3v) is 3.90. The van der Waals surface area contributed by atoms with Crippen LogP contribution in [0.15, 0.2) is 24.3 Å². The molecule has 0 saturated carbocycles. The van der Waals surface area contributed by atoms with Gasteiger partial charge in [-0.05, 0) is 36.6 Å². The van der Waals surface area contributed by atoms with E-state index in [0.717, 1.165) is 31.6 Å². The van der Waals surface area contributed by atoms with Crippen molar-refractivity contribution in [2.75, 3.05) is 19.6 Å². The zero-order chi connectivity index (χ0) is 14.3. The van der Waals surface area contributed by atoms with Gasteiger partial charge in [-0.25, -0.2) is 0 Å². The van der Waals surface area contributed by atoms with Gasteiger partial charge in [0.05, 0.1) is 6.10 Å². The number of rotatable bonds is 8. The molecule has 0 bridgehead atoms. The summed E-state index contributed by atoms with van der Waals surface area (Å²) >= 11 is 5.95. The molecule has 0 spiro atoms. The summed E-state index contributed by atoms with van der Waals surface area (Å²) < 4.78 is 0. The van der Waals surface area contributed by atoms with E-state index in [1.165, 1.54) is 6.42 Å². The first-order valence-electron chi connectivity index (χ1n) is 7.22. The SMILES string of the molecule is CCC(C)CN(CC)CCC(O)c1cccc(Cl)c1. The minimum Gasteiger partial charge on any atom is -0.388 e. The van der Waals surface area contributed by atoms with Crippen LogP contribution in [0.5, 0.6) is 0 Å². The molecule has 0 saturated heterocycles. The minimum absolute atomic E-state index is 0.426. The monoisotopic (exact) mass is 283 g/mol. The van der Waals surface area contributed by atoms with E-state index >= 15 is 0 Å². The van der Waals surface area contributed by atoms with Gasteiger partial charge >= 0.3 is 0 Å². The average molecular weight is 284 g/mol. The number of benzene rings is 1. The maximum absolute atomic E-state index is 10.2. The summed E-state index contributed by atoms with van der Waals surface area (Å²) in [5.41, 5.74) is 0.909. The summed E-state index contributed by atoms with van der Waals surface area (Å²) in [4.78, 5) is 2.40. The van der Waals surface area contributed by atoms with Gasteiger partial charge in [-0.15, -0.1) is 0 Å². The Morgan fingerprint density at radius 1 is 1.32 bits per heavy atom. The number of halogens is 1. The van der Waals surface area contributed by atoms with E-state index in [1.54, 1.807) is 0 Å². The third kappa shape index (κ3) is 5.94. The Hall–Kier alpha value is -0.570. The van der Waals surface area contributed by atoms with Crippen LogP contribution in [0.4, 0.5) is 0 Å². The van der Waals surface area contributed by atoms with Crippen LogP contribution in [0, 0.1) is 5.92 Å². The molecule has 19 heavy (non-hydrogen) atoms. The first-order chi connectivity index (χ1) is 9.06. The predicted octanol–water partition coefficient (Wildman–Crippen LogP) is 4.13. The molecule has 2 nitrogen and oxygen atoms in total. The molecule has 0 heterocycles. The molecule has 108 valence electrons. The first kappa shape index (κ1) is 16.5. The lowest BCUT2D eigenvalue weighted by Gasteiger charge is -2.25. The van der Waals surface area contributed by atoms with E-state index in [9.17, 15) is 5.11 Å². The third-order valence-electron chi connectivity index (χ3n) is 3.67. The van der Waals surface area contributed by atoms with Crippen molar-refractivity contribution in [1.82, 2.24) is 4.90 Å². The summed E-state index contributed by atoms with van der Waals surface area (Å²) in [5.74, 6) is 0.711. The van der Waals surface area contributed by atoms with E-state index in [-0.39, 0.29) is 0 Å². The molecule has 0 radical (unpaired) electrons. The zero-order valence-electron chi connectivity index (χ0n) is 12.3. The van der Waals surface area contributed by atoms with Gasteiger partial charge in [0.2, 0.25) is 0 Å². The van der Waals surface area contributed by atoms with Crippen molar-refractivity contribution in [3.05, 3.63) is 34.9 Å². The highest BCUT2D eigenvalue weighted by atomic mass is 35.5. The fourth-order valence-electron chi connectivity index (χ4n) is 2.13. The highest BCUT2D eigenvalue weighted by Gasteiger charge is 2.12. The van der Waals surface area contributed by atoms with Crippen molar-refractivity contribution in [3.8, 4) is 0 Å². The number of aliphatic hydroxyl groups excluding tert-OH is 1. The fourth-order valence-corrected chi connectivity index (χ4v) is 2.33. The van der Waals surface area contributed by atoms with Crippen LogP contribution in [-0.4, -0.2) is 29.6 Å². The zero-order valence-corrected chi connectivity index (χ0v) is 13.0. The van der Waals surface area contributed by atoms with Gasteiger partial charge in [0, 0.05) is 18.1 Å². The van der Waals surface area contributed by atoms with Crippen molar-refractivity contribution < 1.29 is 5.11 Å². The van der Waals surface area contributed by atoms with Crippen LogP contribution in [0.1, 0.15) is 45.3 Å². The van der Waals surface area contributed by atoms with Crippen molar-refractivity contribution in [1.29, 1.82) is 0 Å². The van der Waals surface area contributed by atoms with E-state index in [1.807, 2.05) is 24.3 Å². The molecule has 1 N–H and O–H groups in total. The highest BCUT2D eigenvalue weighted by Crippen LogP contribution is 2.20. The van der Waals surface area contributed by atoms with Gasteiger partial charge < -0.3 is 10.0 Å². The van der Waals surface area contributed by atoms with Crippen LogP contribution >= 0.6 is 11.6 Å². The largest absolute Gasteiger partial charge is 0.388 e. The van der Waals surface area contributed by atoms with Crippen molar-refractivity contribution in [3.63, 3.8) is 0 Å². The van der Waals surface area contributed by atoms with Gasteiger partial charge in [0.25, 0.3) is 0 Å². The Bertz CT molecular complexity index is 370. The van der Waals surface area contributed by atoms with Crippen molar-refractivity contribution in [2.24, 2.45) is 5.92 Å². The highest BCUT2D eigenvalue weighted by molar-refractivity contribution is 6.30. The Balaban J connectivity index is 2.46. The lowest BCUT2D eigenvalue weighted by molar-refractivity contribution is 0.138. The van der Waals surface area contributed by atoms with E-state index in [0.29, 0.717) is 10.9 Å². The smallest absolute Gasteiger partial charge is 0.0802 e. The predicted molar refractivity (Wildman–Crippen MR) is 82.6 cm³/mol. The number of hydrogen-bond donors (Lipinski definition) is 1. The first-order valence-corrected chi connectivity index (χ1v) is 7.60. The van der Waals surface area contributed by atoms with Gasteiger partial charge in [0.15, 0.2) is 0 Å². The lowest BCUT2D eigenvalue weighted by Crippen LogP contribution is -2.30. The van der Waals surface area contributed by atoms with Gasteiger partial charge in [-0.2, -0.15) is 0 Å². The Labute approximate surface area is 122 Å². The molecule has 2 unspecified atom stereocenters. The molecule has 2 atom stereocenters. The molecule has 1 rings (SSSR count). The molecular formula is C16H26ClNO. The Morgan fingerprint density at radius 2 is 2.05 bits per heavy atom. The number of aliphatic hydroxyl groups is 1. The number of hydrogen-bond acceptors (Lipinski definition) is 2. The average Bonchev–Trinajstić information content (AvgIpc) is 2.42. The van der Waals surface area contributed by atoms with Crippen LogP contribution in [-0.2, 0) is 0 Å². The molecule has 0 fully saturated rings. The molecular weight excluding hydrogens is 258 g/mol. The topological polar surface area (TPSA) is 23.5 Å². The second kappa shape index (κ2) is 8.57. The Kier molecular flexibility index (Phi) is 7.44. The fraction of sp³-hybridized carbons (Fsp3) is 0.625. The van der Waals surface area contributed by atoms with Crippen LogP contribution in [0.3, 0.4) is 0 Å². The maximum Gasteiger partial charge on any atom is 0.0802 e. The Morgan fingerprint density at radius 3 is 2.63 bits per heavy atom. The van der Waals surface area contributed by atoms with Gasteiger partial charge in [-0.3, -0.25) is 0 Å². The lowest BCUT2D eigenvalue weighted by atomic mass is 10.1. The molecule has 0 aliphatic carbocycles. The molecule has 1 aromatic rings. The molecule has 0 aliphatic heterocycles. The standard InChI is InChI=1S/C16H26ClNO/c1-4-13(3)12-18(5-2)10-9-16(19)14-7-6-8-15(17)11-14/h6-8,11,13,16,19H,4-5,9-10,12H2,1-3H3. The maximum atomic E-state index is 10.2. The summed E-state index contributed by atoms with van der Waals surface area (Å²) in [6, 6.07) is 7.50. The van der Waals surface area contributed by atoms with Gasteiger partial charge in [-0.1, -0.05) is 50.9 Å². The summed E-state index contributed by atoms with van der Waals surface area (Å²) in [7, 11) is 0. The van der Waals surface area contributed by atoms with Crippen molar-refractivity contribution in [2.45, 2.75) is 39.7 Å². The molecule has 0 aromatic heterocycles. The normalized spacial score (nSPS) is 14.6. The summed E-state index contributed by atoms with van der Waals surface area (Å²) in [6.45, 7) is 9.74. The van der Waals surface area contributed by atoms with Crippen molar-refractivity contribution >= 4 is 11.6 Å². The quantitative estimate of drug-likeness (QED) is 0.775. The number of nitrogens with zero attached hydrogens (tertiary/aromatic N) is 1. The van der Waals surface area contributed by atoms with Crippen LogP contribution in [0.25, 0.3) is 0 Å².